The number of imidazole rings is 1. The molecule has 0 aliphatic carbocycles. The van der Waals surface area contributed by atoms with Crippen LogP contribution in [-0.4, -0.2) is 57.3 Å². The lowest BCUT2D eigenvalue weighted by Crippen LogP contribution is -2.50. The van der Waals surface area contributed by atoms with Crippen LogP contribution in [-0.2, 0) is 4.74 Å². The standard InChI is InChI=1S/C25H27N5O2/c1-25(2,3)32-24(31)29-14-12-28(13-15-29)21-7-4-6-18-9-10-19(16-20(18)21)30-17-27-23-22(30)8-5-11-26-23/h4-11,16-17H,12-15H2,1-3H3. The summed E-state index contributed by atoms with van der Waals surface area (Å²) in [7, 11) is 0. The number of pyridine rings is 1. The van der Waals surface area contributed by atoms with Crippen LogP contribution in [0.1, 0.15) is 20.8 Å². The first-order chi connectivity index (χ1) is 15.4. The molecule has 1 amide bonds. The van der Waals surface area contributed by atoms with Gasteiger partial charge in [-0.05, 0) is 56.5 Å². The van der Waals surface area contributed by atoms with Crippen molar-refractivity contribution >= 4 is 33.7 Å². The zero-order valence-electron chi connectivity index (χ0n) is 18.7. The van der Waals surface area contributed by atoms with Gasteiger partial charge in [-0.2, -0.15) is 0 Å². The van der Waals surface area contributed by atoms with E-state index < -0.39 is 5.60 Å². The van der Waals surface area contributed by atoms with Gasteiger partial charge in [0.2, 0.25) is 0 Å². The van der Waals surface area contributed by atoms with Crippen molar-refractivity contribution in [1.82, 2.24) is 19.4 Å². The van der Waals surface area contributed by atoms with Crippen molar-refractivity contribution < 1.29 is 9.53 Å². The second kappa shape index (κ2) is 7.82. The van der Waals surface area contributed by atoms with Gasteiger partial charge >= 0.3 is 6.09 Å². The molecule has 0 saturated carbocycles. The van der Waals surface area contributed by atoms with E-state index in [0.29, 0.717) is 13.1 Å². The van der Waals surface area contributed by atoms with Crippen molar-refractivity contribution in [2.45, 2.75) is 26.4 Å². The van der Waals surface area contributed by atoms with Crippen LogP contribution in [0.4, 0.5) is 10.5 Å². The van der Waals surface area contributed by atoms with E-state index in [1.807, 2.05) is 39.2 Å². The van der Waals surface area contributed by atoms with E-state index in [0.717, 1.165) is 29.9 Å². The maximum Gasteiger partial charge on any atom is 0.410 e. The number of amides is 1. The van der Waals surface area contributed by atoms with Crippen LogP contribution < -0.4 is 4.90 Å². The predicted octanol–water partition coefficient (Wildman–Crippen LogP) is 4.63. The molecule has 1 saturated heterocycles. The predicted molar refractivity (Wildman–Crippen MR) is 126 cm³/mol. The minimum Gasteiger partial charge on any atom is -0.444 e. The molecule has 0 radical (unpaired) electrons. The first kappa shape index (κ1) is 20.3. The molecular weight excluding hydrogens is 402 g/mol. The van der Waals surface area contributed by atoms with Crippen molar-refractivity contribution in [3.8, 4) is 5.69 Å². The molecule has 2 aromatic heterocycles. The summed E-state index contributed by atoms with van der Waals surface area (Å²) in [6.07, 6.45) is 3.34. The van der Waals surface area contributed by atoms with Gasteiger partial charge in [0.05, 0.1) is 5.52 Å². The molecule has 0 N–H and O–H groups in total. The summed E-state index contributed by atoms with van der Waals surface area (Å²) in [6, 6.07) is 16.8. The van der Waals surface area contributed by atoms with Gasteiger partial charge in [0, 0.05) is 49.1 Å². The largest absolute Gasteiger partial charge is 0.444 e. The van der Waals surface area contributed by atoms with Crippen LogP contribution in [0.5, 0.6) is 0 Å². The van der Waals surface area contributed by atoms with Gasteiger partial charge in [0.25, 0.3) is 0 Å². The highest BCUT2D eigenvalue weighted by molar-refractivity contribution is 5.96. The van der Waals surface area contributed by atoms with E-state index in [-0.39, 0.29) is 6.09 Å². The quantitative estimate of drug-likeness (QED) is 0.465. The average molecular weight is 430 g/mol. The number of ether oxygens (including phenoxy) is 1. The van der Waals surface area contributed by atoms with E-state index in [4.69, 9.17) is 4.74 Å². The highest BCUT2D eigenvalue weighted by atomic mass is 16.6. The summed E-state index contributed by atoms with van der Waals surface area (Å²) in [5.41, 5.74) is 3.46. The highest BCUT2D eigenvalue weighted by Gasteiger charge is 2.26. The third-order valence-electron chi connectivity index (χ3n) is 5.71. The highest BCUT2D eigenvalue weighted by Crippen LogP contribution is 2.30. The molecule has 1 fully saturated rings. The van der Waals surface area contributed by atoms with Crippen molar-refractivity contribution in [3.63, 3.8) is 0 Å². The number of anilines is 1. The Morgan fingerprint density at radius 2 is 1.78 bits per heavy atom. The SMILES string of the molecule is CC(C)(C)OC(=O)N1CCN(c2cccc3ccc(-n4cnc5ncccc54)cc23)CC1. The number of nitrogens with zero attached hydrogens (tertiary/aromatic N) is 5. The molecule has 2 aromatic carbocycles. The molecule has 0 atom stereocenters. The van der Waals surface area contributed by atoms with Crippen molar-refractivity contribution in [2.24, 2.45) is 0 Å². The first-order valence-corrected chi connectivity index (χ1v) is 10.9. The summed E-state index contributed by atoms with van der Waals surface area (Å²) >= 11 is 0. The van der Waals surface area contributed by atoms with E-state index in [2.05, 4.69) is 55.8 Å². The molecule has 7 nitrogen and oxygen atoms in total. The number of hydrogen-bond donors (Lipinski definition) is 0. The zero-order chi connectivity index (χ0) is 22.3. The van der Waals surface area contributed by atoms with Gasteiger partial charge in [-0.1, -0.05) is 18.2 Å². The minimum atomic E-state index is -0.479. The Morgan fingerprint density at radius 3 is 2.56 bits per heavy atom. The fourth-order valence-corrected chi connectivity index (χ4v) is 4.18. The van der Waals surface area contributed by atoms with Crippen LogP contribution in [0, 0.1) is 0 Å². The zero-order valence-corrected chi connectivity index (χ0v) is 18.7. The summed E-state index contributed by atoms with van der Waals surface area (Å²) in [4.78, 5) is 25.3. The second-order valence-corrected chi connectivity index (χ2v) is 9.10. The van der Waals surface area contributed by atoms with E-state index >= 15 is 0 Å². The number of hydrogen-bond acceptors (Lipinski definition) is 5. The molecule has 3 heterocycles. The molecule has 5 rings (SSSR count). The number of benzene rings is 2. The molecular formula is C25H27N5O2. The molecule has 4 aromatic rings. The van der Waals surface area contributed by atoms with E-state index in [1.54, 1.807) is 11.1 Å². The van der Waals surface area contributed by atoms with Crippen molar-refractivity contribution in [3.05, 3.63) is 61.1 Å². The Morgan fingerprint density at radius 1 is 0.969 bits per heavy atom. The van der Waals surface area contributed by atoms with Crippen LogP contribution in [0.15, 0.2) is 61.1 Å². The Labute approximate surface area is 187 Å². The molecule has 7 heteroatoms. The number of carbonyl (C=O) groups excluding carboxylic acids is 1. The van der Waals surface area contributed by atoms with Gasteiger partial charge in [-0.25, -0.2) is 14.8 Å². The molecule has 0 bridgehead atoms. The number of aromatic nitrogens is 3. The molecule has 1 aliphatic heterocycles. The fraction of sp³-hybridized carbons (Fsp3) is 0.320. The topological polar surface area (TPSA) is 63.5 Å². The maximum absolute atomic E-state index is 12.4. The fourth-order valence-electron chi connectivity index (χ4n) is 4.18. The minimum absolute atomic E-state index is 0.238. The summed E-state index contributed by atoms with van der Waals surface area (Å²) in [5.74, 6) is 0. The lowest BCUT2D eigenvalue weighted by molar-refractivity contribution is 0.0240. The second-order valence-electron chi connectivity index (χ2n) is 9.10. The number of carbonyl (C=O) groups is 1. The summed E-state index contributed by atoms with van der Waals surface area (Å²) < 4.78 is 7.60. The van der Waals surface area contributed by atoms with Gasteiger partial charge in [-0.3, -0.25) is 4.57 Å². The first-order valence-electron chi connectivity index (χ1n) is 10.9. The van der Waals surface area contributed by atoms with Gasteiger partial charge in [0.15, 0.2) is 5.65 Å². The summed E-state index contributed by atoms with van der Waals surface area (Å²) in [6.45, 7) is 8.50. The maximum atomic E-state index is 12.4. The Hall–Kier alpha value is -3.61. The monoisotopic (exact) mass is 429 g/mol. The Kier molecular flexibility index (Phi) is 4.96. The van der Waals surface area contributed by atoms with Crippen LogP contribution >= 0.6 is 0 Å². The summed E-state index contributed by atoms with van der Waals surface area (Å²) in [5, 5.41) is 2.37. The van der Waals surface area contributed by atoms with Crippen molar-refractivity contribution in [2.75, 3.05) is 31.1 Å². The number of piperazine rings is 1. The van der Waals surface area contributed by atoms with Crippen LogP contribution in [0.25, 0.3) is 27.6 Å². The molecule has 1 aliphatic rings. The number of fused-ring (bicyclic) bond motifs is 2. The van der Waals surface area contributed by atoms with Gasteiger partial charge in [0.1, 0.15) is 11.9 Å². The van der Waals surface area contributed by atoms with Crippen LogP contribution in [0.2, 0.25) is 0 Å². The molecule has 32 heavy (non-hydrogen) atoms. The third-order valence-corrected chi connectivity index (χ3v) is 5.71. The third kappa shape index (κ3) is 3.86. The Balaban J connectivity index is 1.43. The van der Waals surface area contributed by atoms with E-state index in [9.17, 15) is 4.79 Å². The molecule has 0 unspecified atom stereocenters. The average Bonchev–Trinajstić information content (AvgIpc) is 3.21. The lowest BCUT2D eigenvalue weighted by Gasteiger charge is -2.37. The molecule has 164 valence electrons. The van der Waals surface area contributed by atoms with Crippen LogP contribution in [0.3, 0.4) is 0 Å². The van der Waals surface area contributed by atoms with Crippen molar-refractivity contribution in [1.29, 1.82) is 0 Å². The smallest absolute Gasteiger partial charge is 0.410 e. The number of rotatable bonds is 2. The Bertz CT molecular complexity index is 1280. The molecule has 0 spiro atoms. The van der Waals surface area contributed by atoms with Gasteiger partial charge in [-0.15, -0.1) is 0 Å². The van der Waals surface area contributed by atoms with Gasteiger partial charge < -0.3 is 14.5 Å². The normalized spacial score (nSPS) is 14.8. The lowest BCUT2D eigenvalue weighted by atomic mass is 10.1. The van der Waals surface area contributed by atoms with E-state index in [1.165, 1.54) is 16.5 Å².